The molecule has 8 heteroatoms. The van der Waals surface area contributed by atoms with Crippen molar-refractivity contribution in [2.45, 2.75) is 96.1 Å². The Morgan fingerprint density at radius 3 is 2.16 bits per heavy atom. The minimum Gasteiger partial charge on any atom is -0.473 e. The van der Waals surface area contributed by atoms with Gasteiger partial charge < -0.3 is 20.2 Å². The van der Waals surface area contributed by atoms with E-state index in [1.54, 1.807) is 0 Å². The Kier molecular flexibility index (Phi) is 12.1. The van der Waals surface area contributed by atoms with Crippen LogP contribution < -0.4 is 0 Å². The number of nitrogens with zero attached hydrogens (tertiary/aromatic N) is 2. The molecule has 0 radical (unpaired) electrons. The zero-order valence-electron chi connectivity index (χ0n) is 22.9. The molecule has 0 spiro atoms. The molecule has 0 saturated heterocycles. The molecule has 1 aliphatic heterocycles. The second kappa shape index (κ2) is 15.2. The molecule has 2 atom stereocenters. The lowest BCUT2D eigenvalue weighted by molar-refractivity contribution is -0.159. The van der Waals surface area contributed by atoms with Crippen LogP contribution in [0.2, 0.25) is 0 Å². The van der Waals surface area contributed by atoms with Crippen LogP contribution in [0.4, 0.5) is 0 Å². The van der Waals surface area contributed by atoms with Gasteiger partial charge in [0.25, 0.3) is 0 Å². The molecule has 0 aromatic heterocycles. The maximum atomic E-state index is 13.7. The SMILES string of the molecule is CC(CC(=O)N1CCc2ccccc2C1C1CCCCC1)N(CCO)CC1CCCCC1.O=C(O)C(=O)O. The van der Waals surface area contributed by atoms with E-state index >= 15 is 0 Å². The minimum absolute atomic E-state index is 0.174. The highest BCUT2D eigenvalue weighted by atomic mass is 16.4. The van der Waals surface area contributed by atoms with Crippen LogP contribution in [0.25, 0.3) is 0 Å². The predicted molar refractivity (Wildman–Crippen MR) is 146 cm³/mol. The van der Waals surface area contributed by atoms with Crippen LogP contribution in [0.3, 0.4) is 0 Å². The number of rotatable bonds is 8. The number of hydrogen-bond acceptors (Lipinski definition) is 5. The van der Waals surface area contributed by atoms with E-state index in [9.17, 15) is 9.90 Å². The molecule has 2 saturated carbocycles. The number of aliphatic carboxylic acids is 2. The van der Waals surface area contributed by atoms with Crippen LogP contribution in [0, 0.1) is 11.8 Å². The first-order valence-electron chi connectivity index (χ1n) is 14.5. The maximum absolute atomic E-state index is 13.7. The van der Waals surface area contributed by atoms with Gasteiger partial charge in [-0.2, -0.15) is 0 Å². The molecule has 1 aromatic carbocycles. The van der Waals surface area contributed by atoms with E-state index in [0.29, 0.717) is 24.8 Å². The summed E-state index contributed by atoms with van der Waals surface area (Å²) < 4.78 is 0. The summed E-state index contributed by atoms with van der Waals surface area (Å²) in [7, 11) is 0. The number of benzene rings is 1. The van der Waals surface area contributed by atoms with E-state index in [0.717, 1.165) is 25.4 Å². The van der Waals surface area contributed by atoms with E-state index in [1.165, 1.54) is 75.3 Å². The summed E-state index contributed by atoms with van der Waals surface area (Å²) in [5.74, 6) is -2.01. The minimum atomic E-state index is -1.82. The Morgan fingerprint density at radius 2 is 1.55 bits per heavy atom. The van der Waals surface area contributed by atoms with Crippen molar-refractivity contribution in [3.05, 3.63) is 35.4 Å². The third kappa shape index (κ3) is 8.53. The fourth-order valence-corrected chi connectivity index (χ4v) is 6.66. The Bertz CT molecular complexity index is 898. The Hall–Kier alpha value is -2.45. The van der Waals surface area contributed by atoms with Crippen molar-refractivity contribution in [2.75, 3.05) is 26.2 Å². The van der Waals surface area contributed by atoms with Crippen molar-refractivity contribution in [3.8, 4) is 0 Å². The van der Waals surface area contributed by atoms with Crippen molar-refractivity contribution in [3.63, 3.8) is 0 Å². The molecule has 1 aromatic rings. The van der Waals surface area contributed by atoms with Gasteiger partial charge in [-0.3, -0.25) is 9.69 Å². The quantitative estimate of drug-likeness (QED) is 0.424. The first kappa shape index (κ1) is 30.1. The topological polar surface area (TPSA) is 118 Å². The lowest BCUT2D eigenvalue weighted by Gasteiger charge is -2.44. The third-order valence-corrected chi connectivity index (χ3v) is 8.63. The predicted octanol–water partition coefficient (Wildman–Crippen LogP) is 4.50. The largest absolute Gasteiger partial charge is 0.473 e. The molecular weight excluding hydrogens is 484 g/mol. The first-order chi connectivity index (χ1) is 18.3. The molecule has 212 valence electrons. The lowest BCUT2D eigenvalue weighted by Crippen LogP contribution is -2.47. The molecule has 2 fully saturated rings. The molecule has 2 aliphatic carbocycles. The third-order valence-electron chi connectivity index (χ3n) is 8.63. The summed E-state index contributed by atoms with van der Waals surface area (Å²) in [6.45, 7) is 4.94. The highest BCUT2D eigenvalue weighted by molar-refractivity contribution is 6.27. The average Bonchev–Trinajstić information content (AvgIpc) is 2.93. The molecule has 2 unspecified atom stereocenters. The summed E-state index contributed by atoms with van der Waals surface area (Å²) in [5, 5.41) is 24.5. The van der Waals surface area contributed by atoms with Crippen molar-refractivity contribution in [2.24, 2.45) is 11.8 Å². The number of aliphatic hydroxyl groups is 1. The van der Waals surface area contributed by atoms with Crippen LogP contribution in [-0.2, 0) is 20.8 Å². The van der Waals surface area contributed by atoms with Crippen LogP contribution in [0.1, 0.15) is 94.7 Å². The molecule has 4 rings (SSSR count). The molecule has 1 amide bonds. The molecule has 3 aliphatic rings. The normalized spacial score (nSPS) is 21.2. The molecule has 3 N–H and O–H groups in total. The van der Waals surface area contributed by atoms with Crippen molar-refractivity contribution >= 4 is 17.8 Å². The standard InChI is InChI=1S/C28H44N2O2.C2H2O4/c1-22(29(18-19-31)21-23-10-4-2-5-11-23)20-27(32)30-17-16-24-12-8-9-15-26(24)28(30)25-13-6-3-7-14-25;3-1(4)2(5)6/h8-9,12,15,22-23,25,28,31H,2-7,10-11,13-14,16-21H2,1H3;(H,3,4)(H,5,6). The average molecular weight is 531 g/mol. The second-order valence-electron chi connectivity index (χ2n) is 11.3. The second-order valence-corrected chi connectivity index (χ2v) is 11.3. The van der Waals surface area contributed by atoms with E-state index in [4.69, 9.17) is 19.8 Å². The fraction of sp³-hybridized carbons (Fsp3) is 0.700. The zero-order valence-corrected chi connectivity index (χ0v) is 22.9. The number of carbonyl (C=O) groups is 3. The van der Waals surface area contributed by atoms with Crippen molar-refractivity contribution in [1.82, 2.24) is 9.80 Å². The molecule has 0 bridgehead atoms. The Morgan fingerprint density at radius 1 is 0.947 bits per heavy atom. The lowest BCUT2D eigenvalue weighted by atomic mass is 9.77. The summed E-state index contributed by atoms with van der Waals surface area (Å²) in [4.78, 5) is 36.5. The highest BCUT2D eigenvalue weighted by Crippen LogP contribution is 2.42. The van der Waals surface area contributed by atoms with Gasteiger partial charge in [0, 0.05) is 32.1 Å². The number of carboxylic acid groups (broad SMARTS) is 2. The molecule has 8 nitrogen and oxygen atoms in total. The number of carbonyl (C=O) groups excluding carboxylic acids is 1. The number of carboxylic acids is 2. The van der Waals surface area contributed by atoms with Gasteiger partial charge in [0.1, 0.15) is 0 Å². The summed E-state index contributed by atoms with van der Waals surface area (Å²) in [6.07, 6.45) is 14.6. The van der Waals surface area contributed by atoms with Gasteiger partial charge in [-0.1, -0.05) is 62.8 Å². The van der Waals surface area contributed by atoms with E-state index in [-0.39, 0.29) is 18.7 Å². The Balaban J connectivity index is 0.000000599. The van der Waals surface area contributed by atoms with Gasteiger partial charge in [0.2, 0.25) is 5.91 Å². The monoisotopic (exact) mass is 530 g/mol. The van der Waals surface area contributed by atoms with Gasteiger partial charge in [0.15, 0.2) is 0 Å². The van der Waals surface area contributed by atoms with Crippen LogP contribution in [-0.4, -0.2) is 75.2 Å². The van der Waals surface area contributed by atoms with E-state index in [2.05, 4.69) is 41.0 Å². The van der Waals surface area contributed by atoms with Crippen LogP contribution in [0.15, 0.2) is 24.3 Å². The van der Waals surface area contributed by atoms with Gasteiger partial charge in [-0.25, -0.2) is 9.59 Å². The first-order valence-corrected chi connectivity index (χ1v) is 14.5. The van der Waals surface area contributed by atoms with E-state index in [1.807, 2.05) is 0 Å². The van der Waals surface area contributed by atoms with E-state index < -0.39 is 11.9 Å². The molecule has 1 heterocycles. The number of aliphatic hydroxyl groups excluding tert-OH is 1. The van der Waals surface area contributed by atoms with Crippen molar-refractivity contribution < 1.29 is 29.7 Å². The van der Waals surface area contributed by atoms with Gasteiger partial charge in [0.05, 0.1) is 12.6 Å². The van der Waals surface area contributed by atoms with Crippen molar-refractivity contribution in [1.29, 1.82) is 0 Å². The van der Waals surface area contributed by atoms with Gasteiger partial charge in [-0.05, 0) is 62.0 Å². The zero-order chi connectivity index (χ0) is 27.5. The highest BCUT2D eigenvalue weighted by Gasteiger charge is 2.37. The summed E-state index contributed by atoms with van der Waals surface area (Å²) in [5.41, 5.74) is 2.85. The Labute approximate surface area is 227 Å². The smallest absolute Gasteiger partial charge is 0.414 e. The van der Waals surface area contributed by atoms with Crippen LogP contribution >= 0.6 is 0 Å². The fourth-order valence-electron chi connectivity index (χ4n) is 6.66. The van der Waals surface area contributed by atoms with Gasteiger partial charge >= 0.3 is 11.9 Å². The number of hydrogen-bond donors (Lipinski definition) is 3. The summed E-state index contributed by atoms with van der Waals surface area (Å²) in [6, 6.07) is 9.28. The maximum Gasteiger partial charge on any atom is 0.414 e. The number of amides is 1. The van der Waals surface area contributed by atoms with Crippen LogP contribution in [0.5, 0.6) is 0 Å². The van der Waals surface area contributed by atoms with Gasteiger partial charge in [-0.15, -0.1) is 0 Å². The molecule has 38 heavy (non-hydrogen) atoms. The number of fused-ring (bicyclic) bond motifs is 1. The summed E-state index contributed by atoms with van der Waals surface area (Å²) >= 11 is 0. The molecular formula is C30H46N2O6.